The van der Waals surface area contributed by atoms with Crippen LogP contribution in [0.5, 0.6) is 0 Å². The van der Waals surface area contributed by atoms with Crippen molar-refractivity contribution in [1.82, 2.24) is 20.0 Å². The van der Waals surface area contributed by atoms with E-state index in [-0.39, 0.29) is 31.0 Å². The van der Waals surface area contributed by atoms with Gasteiger partial charge >= 0.3 is 6.03 Å². The van der Waals surface area contributed by atoms with Crippen molar-refractivity contribution in [3.63, 3.8) is 0 Å². The summed E-state index contributed by atoms with van der Waals surface area (Å²) < 4.78 is 1.66. The van der Waals surface area contributed by atoms with Crippen LogP contribution in [-0.4, -0.2) is 51.2 Å². The monoisotopic (exact) mass is 508 g/mol. The SMILES string of the molecule is CC(C)[C@@H](NC(=O)N1Cc2ccccc2N(C(=O)c2ccc(-n3cccn3)cc2Cl)C[C@H]1C)C(N)=O. The Morgan fingerprint density at radius 1 is 1.14 bits per heavy atom. The third-order valence-electron chi connectivity index (χ3n) is 6.31. The Bertz CT molecular complexity index is 1280. The molecule has 0 saturated carbocycles. The van der Waals surface area contributed by atoms with Crippen LogP contribution in [0, 0.1) is 5.92 Å². The number of carbonyl (C=O) groups excluding carboxylic acids is 3. The summed E-state index contributed by atoms with van der Waals surface area (Å²) in [4.78, 5) is 42.1. The van der Waals surface area contributed by atoms with Crippen LogP contribution in [0.1, 0.15) is 36.7 Å². The molecule has 9 nitrogen and oxygen atoms in total. The van der Waals surface area contributed by atoms with Gasteiger partial charge in [0.15, 0.2) is 0 Å². The standard InChI is InChI=1S/C26H29ClN6O3/c1-16(2)23(24(28)34)30-26(36)31-15-18-7-4-5-8-22(18)32(14-17(31)3)25(35)20-10-9-19(13-21(20)27)33-12-6-11-29-33/h4-13,16-17,23H,14-15H2,1-3H3,(H2,28,34)(H,30,36)/t17-,23-/m1/s1. The Hall–Kier alpha value is -3.85. The molecule has 0 saturated heterocycles. The number of urea groups is 1. The van der Waals surface area contributed by atoms with Gasteiger partial charge in [-0.1, -0.05) is 43.6 Å². The summed E-state index contributed by atoms with van der Waals surface area (Å²) in [6, 6.07) is 12.9. The van der Waals surface area contributed by atoms with Gasteiger partial charge in [0, 0.05) is 37.2 Å². The Morgan fingerprint density at radius 3 is 2.53 bits per heavy atom. The van der Waals surface area contributed by atoms with Gasteiger partial charge < -0.3 is 20.9 Å². The summed E-state index contributed by atoms with van der Waals surface area (Å²) in [6.07, 6.45) is 3.46. The number of nitrogens with zero attached hydrogens (tertiary/aromatic N) is 4. The van der Waals surface area contributed by atoms with E-state index < -0.39 is 18.0 Å². The van der Waals surface area contributed by atoms with E-state index in [0.717, 1.165) is 11.3 Å². The lowest BCUT2D eigenvalue weighted by Gasteiger charge is -2.31. The van der Waals surface area contributed by atoms with Crippen molar-refractivity contribution in [1.29, 1.82) is 0 Å². The van der Waals surface area contributed by atoms with E-state index in [9.17, 15) is 14.4 Å². The molecule has 2 aromatic carbocycles. The van der Waals surface area contributed by atoms with Crippen LogP contribution in [0.25, 0.3) is 5.69 Å². The van der Waals surface area contributed by atoms with Crippen LogP contribution >= 0.6 is 11.6 Å². The molecule has 3 aromatic rings. The molecule has 36 heavy (non-hydrogen) atoms. The number of nitrogens with two attached hydrogens (primary N) is 1. The first-order chi connectivity index (χ1) is 17.2. The number of benzene rings is 2. The zero-order valence-electron chi connectivity index (χ0n) is 20.4. The highest BCUT2D eigenvalue weighted by Gasteiger charge is 2.34. The normalized spacial score (nSPS) is 16.3. The maximum Gasteiger partial charge on any atom is 0.318 e. The first-order valence-corrected chi connectivity index (χ1v) is 12.1. The quantitative estimate of drug-likeness (QED) is 0.548. The molecule has 4 rings (SSSR count). The molecule has 3 N–H and O–H groups in total. The second-order valence-corrected chi connectivity index (χ2v) is 9.62. The Balaban J connectivity index is 1.64. The van der Waals surface area contributed by atoms with Crippen LogP contribution in [0.2, 0.25) is 5.02 Å². The van der Waals surface area contributed by atoms with Gasteiger partial charge in [0.1, 0.15) is 6.04 Å². The Morgan fingerprint density at radius 2 is 1.89 bits per heavy atom. The first-order valence-electron chi connectivity index (χ1n) is 11.7. The number of para-hydroxylation sites is 1. The molecule has 1 aromatic heterocycles. The first kappa shape index (κ1) is 25.2. The van der Waals surface area contributed by atoms with Crippen LogP contribution < -0.4 is 16.0 Å². The van der Waals surface area contributed by atoms with Gasteiger partial charge in [0.25, 0.3) is 5.91 Å². The zero-order valence-corrected chi connectivity index (χ0v) is 21.1. The third kappa shape index (κ3) is 5.06. The number of aromatic nitrogens is 2. The van der Waals surface area contributed by atoms with Gasteiger partial charge in [-0.15, -0.1) is 0 Å². The number of halogens is 1. The van der Waals surface area contributed by atoms with Gasteiger partial charge in [-0.2, -0.15) is 5.10 Å². The second-order valence-electron chi connectivity index (χ2n) is 9.21. The lowest BCUT2D eigenvalue weighted by molar-refractivity contribution is -0.120. The largest absolute Gasteiger partial charge is 0.368 e. The van der Waals surface area contributed by atoms with E-state index in [4.69, 9.17) is 17.3 Å². The van der Waals surface area contributed by atoms with Gasteiger partial charge in [0.05, 0.1) is 16.3 Å². The number of hydrogen-bond acceptors (Lipinski definition) is 4. The molecule has 0 fully saturated rings. The number of fused-ring (bicyclic) bond motifs is 1. The fourth-order valence-corrected chi connectivity index (χ4v) is 4.60. The van der Waals surface area contributed by atoms with Gasteiger partial charge in [0.2, 0.25) is 5.91 Å². The fourth-order valence-electron chi connectivity index (χ4n) is 4.34. The summed E-state index contributed by atoms with van der Waals surface area (Å²) in [5.41, 5.74) is 8.09. The van der Waals surface area contributed by atoms with Crippen molar-refractivity contribution in [2.24, 2.45) is 11.7 Å². The molecular weight excluding hydrogens is 480 g/mol. The maximum atomic E-state index is 13.8. The van der Waals surface area contributed by atoms with Crippen molar-refractivity contribution < 1.29 is 14.4 Å². The lowest BCUT2D eigenvalue weighted by Crippen LogP contribution is -2.54. The molecule has 2 atom stereocenters. The third-order valence-corrected chi connectivity index (χ3v) is 6.62. The topological polar surface area (TPSA) is 114 Å². The Kier molecular flexibility index (Phi) is 7.30. The number of amides is 4. The molecule has 188 valence electrons. The zero-order chi connectivity index (χ0) is 26.0. The summed E-state index contributed by atoms with van der Waals surface area (Å²) in [5.74, 6) is -1.03. The molecule has 0 radical (unpaired) electrons. The average Bonchev–Trinajstić information content (AvgIpc) is 3.33. The summed E-state index contributed by atoms with van der Waals surface area (Å²) in [6.45, 7) is 6.01. The summed E-state index contributed by atoms with van der Waals surface area (Å²) in [5, 5.41) is 7.26. The predicted molar refractivity (Wildman–Crippen MR) is 138 cm³/mol. The maximum absolute atomic E-state index is 13.8. The molecule has 10 heteroatoms. The smallest absolute Gasteiger partial charge is 0.318 e. The number of nitrogens with one attached hydrogen (secondary N) is 1. The van der Waals surface area contributed by atoms with Gasteiger partial charge in [-0.25, -0.2) is 9.48 Å². The molecule has 0 spiro atoms. The number of carbonyl (C=O) groups is 3. The predicted octanol–water partition coefficient (Wildman–Crippen LogP) is 3.60. The molecule has 1 aliphatic heterocycles. The molecule has 2 heterocycles. The van der Waals surface area contributed by atoms with Crippen LogP contribution in [0.3, 0.4) is 0 Å². The van der Waals surface area contributed by atoms with Crippen LogP contribution in [0.15, 0.2) is 60.9 Å². The second kappa shape index (κ2) is 10.4. The van der Waals surface area contributed by atoms with Crippen molar-refractivity contribution in [3.8, 4) is 5.69 Å². The van der Waals surface area contributed by atoms with E-state index in [0.29, 0.717) is 16.3 Å². The Labute approximate surface area is 214 Å². The highest BCUT2D eigenvalue weighted by Crippen LogP contribution is 2.31. The summed E-state index contributed by atoms with van der Waals surface area (Å²) >= 11 is 6.55. The van der Waals surface area contributed by atoms with Gasteiger partial charge in [-0.3, -0.25) is 9.59 Å². The number of primary amides is 1. The minimum absolute atomic E-state index is 0.161. The van der Waals surface area contributed by atoms with Crippen molar-refractivity contribution in [3.05, 3.63) is 77.1 Å². The summed E-state index contributed by atoms with van der Waals surface area (Å²) in [7, 11) is 0. The molecule has 1 aliphatic rings. The molecule has 0 unspecified atom stereocenters. The van der Waals surface area contributed by atoms with Crippen LogP contribution in [0.4, 0.5) is 10.5 Å². The minimum Gasteiger partial charge on any atom is -0.368 e. The number of anilines is 1. The van der Waals surface area contributed by atoms with Crippen LogP contribution in [-0.2, 0) is 11.3 Å². The minimum atomic E-state index is -0.798. The van der Waals surface area contributed by atoms with E-state index in [1.807, 2.05) is 45.0 Å². The molecular formula is C26H29ClN6O3. The van der Waals surface area contributed by atoms with Crippen molar-refractivity contribution in [2.75, 3.05) is 11.4 Å². The van der Waals surface area contributed by atoms with Crippen molar-refractivity contribution in [2.45, 2.75) is 39.4 Å². The number of hydrogen-bond donors (Lipinski definition) is 2. The fraction of sp³-hybridized carbons (Fsp3) is 0.308. The van der Waals surface area contributed by atoms with E-state index in [2.05, 4.69) is 10.4 Å². The number of rotatable bonds is 5. The molecule has 0 bridgehead atoms. The van der Waals surface area contributed by atoms with Gasteiger partial charge in [-0.05, 0) is 48.7 Å². The molecule has 0 aliphatic carbocycles. The van der Waals surface area contributed by atoms with Crippen molar-refractivity contribution >= 4 is 35.1 Å². The highest BCUT2D eigenvalue weighted by atomic mass is 35.5. The molecule has 4 amide bonds. The highest BCUT2D eigenvalue weighted by molar-refractivity contribution is 6.34. The van der Waals surface area contributed by atoms with E-state index in [1.165, 1.54) is 0 Å². The van der Waals surface area contributed by atoms with E-state index >= 15 is 0 Å². The van der Waals surface area contributed by atoms with E-state index in [1.54, 1.807) is 51.1 Å². The average molecular weight is 509 g/mol. The lowest BCUT2D eigenvalue weighted by atomic mass is 10.0.